The average molecular weight is 372 g/mol. The second-order valence-corrected chi connectivity index (χ2v) is 6.68. The molecule has 1 aromatic rings. The summed E-state index contributed by atoms with van der Waals surface area (Å²) < 4.78 is 0. The van der Waals surface area contributed by atoms with Crippen LogP contribution in [0.25, 0.3) is 0 Å². The van der Waals surface area contributed by atoms with Gasteiger partial charge in [-0.05, 0) is 50.6 Å². The molecule has 1 atom stereocenters. The monoisotopic (exact) mass is 371 g/mol. The van der Waals surface area contributed by atoms with Gasteiger partial charge in [-0.3, -0.25) is 9.59 Å². The summed E-state index contributed by atoms with van der Waals surface area (Å²) >= 11 is 6.00. The van der Waals surface area contributed by atoms with E-state index in [1.54, 1.807) is 21.9 Å². The maximum atomic E-state index is 12.7. The molecule has 7 heteroatoms. The Bertz CT molecular complexity index is 605. The number of anilines is 1. The van der Waals surface area contributed by atoms with Crippen molar-refractivity contribution in [1.29, 1.82) is 0 Å². The van der Waals surface area contributed by atoms with Crippen LogP contribution in [-0.2, 0) is 9.59 Å². The summed E-state index contributed by atoms with van der Waals surface area (Å²) in [6, 6.07) is 7.45. The summed E-state index contributed by atoms with van der Waals surface area (Å²) in [4.78, 5) is 28.9. The number of benzene rings is 1. The van der Waals surface area contributed by atoms with Crippen molar-refractivity contribution >= 4 is 41.5 Å². The lowest BCUT2D eigenvalue weighted by Gasteiger charge is -2.33. The van der Waals surface area contributed by atoms with Gasteiger partial charge in [-0.1, -0.05) is 17.7 Å². The zero-order chi connectivity index (χ0) is 16.4. The SMILES string of the molecule is CN(C(=O)C1CCN(c2cccc(Cl)c2)C1=O)C1CCNCC1.Cl. The molecular formula is C17H23Cl2N3O2. The lowest BCUT2D eigenvalue weighted by Crippen LogP contribution is -2.47. The standard InChI is InChI=1S/C17H22ClN3O2.ClH/c1-20(13-5-8-19-9-6-13)16(22)15-7-10-21(17(15)23)14-4-2-3-12(18)11-14;/h2-4,11,13,15,19H,5-10H2,1H3;1H. The molecule has 1 N–H and O–H groups in total. The lowest BCUT2D eigenvalue weighted by atomic mass is 10.0. The molecule has 3 rings (SSSR count). The van der Waals surface area contributed by atoms with Crippen LogP contribution >= 0.6 is 24.0 Å². The normalized spacial score (nSPS) is 21.5. The Kier molecular flexibility index (Phi) is 6.49. The van der Waals surface area contributed by atoms with Gasteiger partial charge in [0, 0.05) is 30.3 Å². The molecule has 0 bridgehead atoms. The number of halogens is 2. The highest BCUT2D eigenvalue weighted by atomic mass is 35.5. The molecule has 2 heterocycles. The van der Waals surface area contributed by atoms with Crippen molar-refractivity contribution in [2.75, 3.05) is 31.6 Å². The molecule has 0 radical (unpaired) electrons. The fraction of sp³-hybridized carbons (Fsp3) is 0.529. The molecule has 132 valence electrons. The third-order valence-corrected chi connectivity index (χ3v) is 5.06. The van der Waals surface area contributed by atoms with Crippen molar-refractivity contribution in [2.45, 2.75) is 25.3 Å². The first kappa shape index (κ1) is 19.0. The molecule has 0 spiro atoms. The van der Waals surface area contributed by atoms with Crippen molar-refractivity contribution in [3.63, 3.8) is 0 Å². The first-order valence-corrected chi connectivity index (χ1v) is 8.50. The van der Waals surface area contributed by atoms with Gasteiger partial charge in [0.05, 0.1) is 0 Å². The van der Waals surface area contributed by atoms with E-state index in [0.717, 1.165) is 31.6 Å². The van der Waals surface area contributed by atoms with Gasteiger partial charge in [-0.15, -0.1) is 12.4 Å². The first-order chi connectivity index (χ1) is 11.1. The third-order valence-electron chi connectivity index (χ3n) is 4.83. The number of hydrogen-bond acceptors (Lipinski definition) is 3. The molecule has 2 aliphatic heterocycles. The average Bonchev–Trinajstić information content (AvgIpc) is 2.96. The van der Waals surface area contributed by atoms with E-state index in [1.165, 1.54) is 0 Å². The minimum absolute atomic E-state index is 0. The Morgan fingerprint density at radius 3 is 2.67 bits per heavy atom. The maximum Gasteiger partial charge on any atom is 0.239 e. The van der Waals surface area contributed by atoms with Crippen LogP contribution in [0.1, 0.15) is 19.3 Å². The van der Waals surface area contributed by atoms with E-state index >= 15 is 0 Å². The molecule has 5 nitrogen and oxygen atoms in total. The van der Waals surface area contributed by atoms with E-state index in [2.05, 4.69) is 5.32 Å². The van der Waals surface area contributed by atoms with Crippen LogP contribution in [0.15, 0.2) is 24.3 Å². The van der Waals surface area contributed by atoms with Gasteiger partial charge in [0.15, 0.2) is 0 Å². The van der Waals surface area contributed by atoms with Gasteiger partial charge in [0.2, 0.25) is 11.8 Å². The van der Waals surface area contributed by atoms with Crippen molar-refractivity contribution in [3.05, 3.63) is 29.3 Å². The molecule has 2 fully saturated rings. The minimum atomic E-state index is -0.561. The predicted octanol–water partition coefficient (Wildman–Crippen LogP) is 2.33. The summed E-state index contributed by atoms with van der Waals surface area (Å²) in [5, 5.41) is 3.89. The zero-order valence-corrected chi connectivity index (χ0v) is 15.3. The molecule has 0 aliphatic carbocycles. The van der Waals surface area contributed by atoms with E-state index in [4.69, 9.17) is 11.6 Å². The van der Waals surface area contributed by atoms with Gasteiger partial charge >= 0.3 is 0 Å². The molecule has 2 aliphatic rings. The van der Waals surface area contributed by atoms with Crippen LogP contribution in [0.4, 0.5) is 5.69 Å². The van der Waals surface area contributed by atoms with Crippen LogP contribution < -0.4 is 10.2 Å². The number of rotatable bonds is 3. The molecular weight excluding hydrogens is 349 g/mol. The van der Waals surface area contributed by atoms with Gasteiger partial charge in [0.1, 0.15) is 5.92 Å². The Labute approximate surface area is 153 Å². The fourth-order valence-electron chi connectivity index (χ4n) is 3.43. The summed E-state index contributed by atoms with van der Waals surface area (Å²) in [5.41, 5.74) is 0.766. The van der Waals surface area contributed by atoms with Gasteiger partial charge in [-0.2, -0.15) is 0 Å². The molecule has 0 saturated carbocycles. The number of hydrogen-bond donors (Lipinski definition) is 1. The number of carbonyl (C=O) groups excluding carboxylic acids is 2. The number of carbonyl (C=O) groups is 2. The predicted molar refractivity (Wildman–Crippen MR) is 97.8 cm³/mol. The second kappa shape index (κ2) is 8.19. The fourth-order valence-corrected chi connectivity index (χ4v) is 3.61. The van der Waals surface area contributed by atoms with E-state index in [1.807, 2.05) is 19.2 Å². The van der Waals surface area contributed by atoms with Crippen molar-refractivity contribution in [3.8, 4) is 0 Å². The number of nitrogens with zero attached hydrogens (tertiary/aromatic N) is 2. The molecule has 2 saturated heterocycles. The van der Waals surface area contributed by atoms with E-state index in [-0.39, 0.29) is 30.3 Å². The topological polar surface area (TPSA) is 52.7 Å². The van der Waals surface area contributed by atoms with Gasteiger partial charge < -0.3 is 15.1 Å². The molecule has 0 aromatic heterocycles. The Morgan fingerprint density at radius 1 is 1.29 bits per heavy atom. The van der Waals surface area contributed by atoms with E-state index < -0.39 is 5.92 Å². The first-order valence-electron chi connectivity index (χ1n) is 8.12. The van der Waals surface area contributed by atoms with Crippen LogP contribution in [0.5, 0.6) is 0 Å². The smallest absolute Gasteiger partial charge is 0.239 e. The zero-order valence-electron chi connectivity index (χ0n) is 13.7. The second-order valence-electron chi connectivity index (χ2n) is 6.24. The third kappa shape index (κ3) is 3.85. The summed E-state index contributed by atoms with van der Waals surface area (Å²) in [7, 11) is 1.83. The van der Waals surface area contributed by atoms with Crippen molar-refractivity contribution in [2.24, 2.45) is 5.92 Å². The Balaban J connectivity index is 0.00000208. The summed E-state index contributed by atoms with van der Waals surface area (Å²) in [5.74, 6) is -0.724. The highest BCUT2D eigenvalue weighted by Crippen LogP contribution is 2.28. The Hall–Kier alpha value is -1.30. The van der Waals surface area contributed by atoms with E-state index in [0.29, 0.717) is 18.0 Å². The lowest BCUT2D eigenvalue weighted by molar-refractivity contribution is -0.140. The largest absolute Gasteiger partial charge is 0.342 e. The van der Waals surface area contributed by atoms with Gasteiger partial charge in [0.25, 0.3) is 0 Å². The number of amides is 2. The minimum Gasteiger partial charge on any atom is -0.342 e. The molecule has 1 aromatic carbocycles. The molecule has 2 amide bonds. The van der Waals surface area contributed by atoms with Gasteiger partial charge in [-0.25, -0.2) is 0 Å². The number of nitrogens with one attached hydrogen (secondary N) is 1. The van der Waals surface area contributed by atoms with Crippen molar-refractivity contribution in [1.82, 2.24) is 10.2 Å². The quantitative estimate of drug-likeness (QED) is 0.829. The summed E-state index contributed by atoms with van der Waals surface area (Å²) in [6.45, 7) is 2.42. The molecule has 24 heavy (non-hydrogen) atoms. The Morgan fingerprint density at radius 2 is 2.00 bits per heavy atom. The van der Waals surface area contributed by atoms with Crippen molar-refractivity contribution < 1.29 is 9.59 Å². The van der Waals surface area contributed by atoms with Crippen LogP contribution in [0, 0.1) is 5.92 Å². The number of piperidine rings is 1. The highest BCUT2D eigenvalue weighted by Gasteiger charge is 2.40. The summed E-state index contributed by atoms with van der Waals surface area (Å²) in [6.07, 6.45) is 2.46. The van der Waals surface area contributed by atoms with Crippen LogP contribution in [0.3, 0.4) is 0 Å². The maximum absolute atomic E-state index is 12.7. The molecule has 1 unspecified atom stereocenters. The van der Waals surface area contributed by atoms with Crippen LogP contribution in [-0.4, -0.2) is 49.4 Å². The van der Waals surface area contributed by atoms with E-state index in [9.17, 15) is 9.59 Å². The van der Waals surface area contributed by atoms with Crippen LogP contribution in [0.2, 0.25) is 5.02 Å². The highest BCUT2D eigenvalue weighted by molar-refractivity contribution is 6.31.